The molecule has 3 aromatic rings. The quantitative estimate of drug-likeness (QED) is 0.127. The number of carbonyl (C=O) groups is 4. The summed E-state index contributed by atoms with van der Waals surface area (Å²) in [4.78, 5) is 49.4. The van der Waals surface area contributed by atoms with Crippen LogP contribution in [0.4, 0.5) is 0 Å². The van der Waals surface area contributed by atoms with Gasteiger partial charge in [-0.3, -0.25) is 14.6 Å². The van der Waals surface area contributed by atoms with E-state index >= 15 is 0 Å². The van der Waals surface area contributed by atoms with Gasteiger partial charge in [0, 0.05) is 16.9 Å². The van der Waals surface area contributed by atoms with Crippen molar-refractivity contribution in [1.29, 1.82) is 0 Å². The van der Waals surface area contributed by atoms with Crippen LogP contribution in [0.1, 0.15) is 63.7 Å². The molecule has 0 spiro atoms. The van der Waals surface area contributed by atoms with Gasteiger partial charge >= 0.3 is 24.8 Å². The van der Waals surface area contributed by atoms with Crippen LogP contribution in [-0.4, -0.2) is 54.5 Å². The predicted octanol–water partition coefficient (Wildman–Crippen LogP) is 3.41. The van der Waals surface area contributed by atoms with E-state index in [1.807, 2.05) is 87.5 Å². The van der Waals surface area contributed by atoms with Gasteiger partial charge in [0.1, 0.15) is 0 Å². The van der Waals surface area contributed by atoms with Gasteiger partial charge < -0.3 is 19.7 Å². The van der Waals surface area contributed by atoms with Gasteiger partial charge in [-0.05, 0) is 58.7 Å². The molecule has 0 saturated carbocycles. The molecule has 0 fully saturated rings. The van der Waals surface area contributed by atoms with Crippen LogP contribution in [0, 0.1) is 26.8 Å². The second kappa shape index (κ2) is 21.4. The van der Waals surface area contributed by atoms with Crippen LogP contribution in [0.15, 0.2) is 95.5 Å². The van der Waals surface area contributed by atoms with Crippen molar-refractivity contribution in [2.45, 2.75) is 41.5 Å². The Morgan fingerprint density at radius 2 is 1.29 bits per heavy atom. The second-order valence-corrected chi connectivity index (χ2v) is 9.47. The molecule has 0 unspecified atom stereocenters. The fourth-order valence-electron chi connectivity index (χ4n) is 3.99. The summed E-state index contributed by atoms with van der Waals surface area (Å²) in [5.74, 6) is -0.992. The molecule has 4 rings (SSSR count). The molecule has 8 nitrogen and oxygen atoms in total. The molecule has 0 bridgehead atoms. The zero-order chi connectivity index (χ0) is 31.8. The monoisotopic (exact) mass is 604 g/mol. The molecule has 0 amide bonds. The Labute approximate surface area is 277 Å². The summed E-state index contributed by atoms with van der Waals surface area (Å²) < 4.78 is 9.58. The molecule has 3 aromatic carbocycles. The maximum Gasteiger partial charge on any atom is 1.00 e. The first-order valence-corrected chi connectivity index (χ1v) is 14.0. The Balaban J connectivity index is 0.000000651. The Kier molecular flexibility index (Phi) is 19.3. The van der Waals surface area contributed by atoms with E-state index in [9.17, 15) is 19.2 Å². The molecule has 1 heterocycles. The number of benzene rings is 3. The zero-order valence-corrected chi connectivity index (χ0v) is 27.0. The van der Waals surface area contributed by atoms with Crippen molar-refractivity contribution in [3.8, 4) is 0 Å². The van der Waals surface area contributed by atoms with Crippen LogP contribution in [0.2, 0.25) is 0 Å². The molecule has 45 heavy (non-hydrogen) atoms. The van der Waals surface area contributed by atoms with Crippen LogP contribution < -0.4 is 18.9 Å². The van der Waals surface area contributed by atoms with Gasteiger partial charge in [-0.15, -0.1) is 0 Å². The maximum absolute atomic E-state index is 11.6. The van der Waals surface area contributed by atoms with Gasteiger partial charge in [0.25, 0.3) is 0 Å². The van der Waals surface area contributed by atoms with Crippen molar-refractivity contribution in [2.24, 2.45) is 4.99 Å². The Morgan fingerprint density at radius 3 is 1.78 bits per heavy atom. The van der Waals surface area contributed by atoms with Crippen molar-refractivity contribution >= 4 is 29.2 Å². The van der Waals surface area contributed by atoms with Gasteiger partial charge in [-0.2, -0.15) is 12.2 Å². The smallest absolute Gasteiger partial charge is 0.870 e. The van der Waals surface area contributed by atoms with E-state index in [0.29, 0.717) is 24.3 Å². The molecule has 0 radical (unpaired) electrons. The summed E-state index contributed by atoms with van der Waals surface area (Å²) in [7, 11) is 0. The molecule has 0 aromatic heterocycles. The van der Waals surface area contributed by atoms with Crippen LogP contribution in [0.3, 0.4) is 0 Å². The minimum Gasteiger partial charge on any atom is -0.870 e. The summed E-state index contributed by atoms with van der Waals surface area (Å²) in [6.07, 6.45) is 5.20. The third-order valence-electron chi connectivity index (χ3n) is 6.22. The maximum atomic E-state index is 11.6. The van der Waals surface area contributed by atoms with Crippen LogP contribution in [0.25, 0.3) is 0 Å². The number of hydrogen-bond acceptors (Lipinski definition) is 8. The third kappa shape index (κ3) is 13.4. The average molecular weight is 605 g/mol. The number of allylic oxidation sites excluding steroid dienone is 2. The van der Waals surface area contributed by atoms with Crippen molar-refractivity contribution in [1.82, 2.24) is 0 Å². The Hall–Kier alpha value is -4.35. The van der Waals surface area contributed by atoms with Crippen LogP contribution >= 0.6 is 0 Å². The molecule has 1 aliphatic rings. The van der Waals surface area contributed by atoms with E-state index in [0.717, 1.165) is 39.6 Å². The van der Waals surface area contributed by atoms with E-state index in [-0.39, 0.29) is 48.5 Å². The molecule has 1 aliphatic heterocycles. The summed E-state index contributed by atoms with van der Waals surface area (Å²) >= 11 is 0. The number of ketones is 2. The summed E-state index contributed by atoms with van der Waals surface area (Å²) in [5, 5.41) is 0. The molecule has 0 aliphatic carbocycles. The molecular weight excluding hydrogens is 565 g/mol. The van der Waals surface area contributed by atoms with Gasteiger partial charge in [0.2, 0.25) is 5.97 Å². The first kappa shape index (κ1) is 40.6. The number of rotatable bonds is 8. The van der Waals surface area contributed by atoms with E-state index in [4.69, 9.17) is 4.74 Å². The van der Waals surface area contributed by atoms with E-state index in [1.165, 1.54) is 0 Å². The largest absolute Gasteiger partial charge is 1.00 e. The van der Waals surface area contributed by atoms with Gasteiger partial charge in [-0.1, -0.05) is 83.9 Å². The minimum atomic E-state index is -0.621. The average Bonchev–Trinajstić information content (AvgIpc) is 3.48. The van der Waals surface area contributed by atoms with E-state index in [2.05, 4.69) is 15.8 Å². The summed E-state index contributed by atoms with van der Waals surface area (Å²) in [6, 6.07) is 22.8. The van der Waals surface area contributed by atoms with Crippen molar-refractivity contribution < 1.29 is 53.0 Å². The second-order valence-electron chi connectivity index (χ2n) is 9.47. The third-order valence-corrected chi connectivity index (χ3v) is 6.22. The number of aryl methyl sites for hydroxylation is 3. The summed E-state index contributed by atoms with van der Waals surface area (Å²) in [6.45, 7) is 12.0. The molecule has 1 N–H and O–H groups in total. The zero-order valence-electron chi connectivity index (χ0n) is 27.0. The van der Waals surface area contributed by atoms with Crippen molar-refractivity contribution in [3.63, 3.8) is 0 Å². The summed E-state index contributed by atoms with van der Waals surface area (Å²) in [5.41, 5.74) is 7.04. The van der Waals surface area contributed by atoms with Gasteiger partial charge in [0.05, 0.1) is 31.0 Å². The molecule has 0 saturated heterocycles. The fourth-order valence-corrected chi connectivity index (χ4v) is 3.99. The standard InChI is InChI=1S/C14H15NO2.C13H13O3.C9H10O.Li.H2O/c1-3-17-14(16)11-8-13(15-9-11)12-7-5-4-6-10(12)2;1-3-16-13(15)9-8-12(14)11-7-5-4-6-10(11)2;1-7-5-3-4-6-9(7)8(2)10;;/h4-8H,3,9H2,1-2H3;4-8H,3H2,1-2H3;3-6H,1-2H3;;1H2/q;-1;;+1;/p-1. The predicted molar refractivity (Wildman–Crippen MR) is 170 cm³/mol. The minimum absolute atomic E-state index is 0. The van der Waals surface area contributed by atoms with Crippen LogP contribution in [0.5, 0.6) is 0 Å². The SMILES string of the molecule is CC(=O)c1ccccc1C.CCOC(=O)C1=CC(c2ccccc2C)=NC1.CCOC(=O)[C-]=CC(=O)c1ccccc1C.[Li+].[OH-]. The number of esters is 2. The number of carbonyl (C=O) groups excluding carboxylic acids is 4. The first-order chi connectivity index (χ1) is 20.6. The van der Waals surface area contributed by atoms with Crippen LogP contribution in [-0.2, 0) is 19.1 Å². The number of aliphatic imine (C=N–C) groups is 1. The van der Waals surface area contributed by atoms with E-state index in [1.54, 1.807) is 32.9 Å². The molecule has 232 valence electrons. The molecular formula is C36H39LiNO7-. The molecule has 0 atom stereocenters. The normalized spacial score (nSPS) is 11.2. The number of hydrogen-bond donors (Lipinski definition) is 0. The number of ether oxygens (including phenoxy) is 2. The number of nitrogens with zero attached hydrogens (tertiary/aromatic N) is 1. The van der Waals surface area contributed by atoms with Crippen molar-refractivity contribution in [3.05, 3.63) is 130 Å². The topological polar surface area (TPSA) is 129 Å². The van der Waals surface area contributed by atoms with E-state index < -0.39 is 5.97 Å². The fraction of sp³-hybridized carbons (Fsp3) is 0.250. The molecule has 9 heteroatoms. The van der Waals surface area contributed by atoms with Crippen molar-refractivity contribution in [2.75, 3.05) is 19.8 Å². The van der Waals surface area contributed by atoms with Gasteiger partial charge in [0.15, 0.2) is 5.78 Å². The Bertz CT molecular complexity index is 1540. The first-order valence-electron chi connectivity index (χ1n) is 14.0. The number of Topliss-reactive ketones (excluding diaryl/α,β-unsaturated/α-hetero) is 1. The Morgan fingerprint density at radius 1 is 0.778 bits per heavy atom. The van der Waals surface area contributed by atoms with Gasteiger partial charge in [-0.25, -0.2) is 4.79 Å².